The van der Waals surface area contributed by atoms with Crippen molar-refractivity contribution in [1.82, 2.24) is 9.55 Å². The number of nitrogens with zero attached hydrogens (tertiary/aromatic N) is 2. The Morgan fingerprint density at radius 3 is 1.85 bits per heavy atom. The van der Waals surface area contributed by atoms with Crippen LogP contribution in [0.25, 0.3) is 0 Å². The fraction of sp³-hybridized carbons (Fsp3) is 0.512. The highest BCUT2D eigenvalue weighted by atomic mass is 16.5. The van der Waals surface area contributed by atoms with E-state index >= 15 is 0 Å². The quantitative estimate of drug-likeness (QED) is 0.166. The molecule has 0 amide bonds. The lowest BCUT2D eigenvalue weighted by molar-refractivity contribution is 0.204. The van der Waals surface area contributed by atoms with Gasteiger partial charge in [0.05, 0.1) is 18.7 Å². The molecule has 1 N–H and O–H groups in total. The van der Waals surface area contributed by atoms with Crippen LogP contribution in [0.1, 0.15) is 175 Å². The average molecular weight is 650 g/mol. The summed E-state index contributed by atoms with van der Waals surface area (Å²) in [6.07, 6.45) is 3.10. The minimum atomic E-state index is -0.163. The van der Waals surface area contributed by atoms with Crippen LogP contribution in [0.15, 0.2) is 54.7 Å². The van der Waals surface area contributed by atoms with Gasteiger partial charge >= 0.3 is 0 Å². The van der Waals surface area contributed by atoms with Gasteiger partial charge in [-0.3, -0.25) is 0 Å². The zero-order valence-electron chi connectivity index (χ0n) is 31.7. The summed E-state index contributed by atoms with van der Waals surface area (Å²) in [5, 5.41) is 4.22. The van der Waals surface area contributed by atoms with Gasteiger partial charge in [0.2, 0.25) is 0 Å². The first-order valence-electron chi connectivity index (χ1n) is 18.2. The van der Waals surface area contributed by atoms with E-state index in [1.54, 1.807) is 7.11 Å². The lowest BCUT2D eigenvalue weighted by atomic mass is 9.81. The number of rotatable bonds is 12. The molecule has 0 saturated heterocycles. The fourth-order valence-electron chi connectivity index (χ4n) is 7.55. The highest BCUT2D eigenvalue weighted by Gasteiger charge is 2.39. The van der Waals surface area contributed by atoms with Crippen LogP contribution in [0.3, 0.4) is 0 Å². The molecule has 48 heavy (non-hydrogen) atoms. The van der Waals surface area contributed by atoms with E-state index in [9.17, 15) is 0 Å². The minimum Gasteiger partial charge on any atom is -0.493 e. The van der Waals surface area contributed by atoms with E-state index in [-0.39, 0.29) is 18.1 Å². The Morgan fingerprint density at radius 2 is 1.35 bits per heavy atom. The van der Waals surface area contributed by atoms with Gasteiger partial charge in [0, 0.05) is 24.5 Å². The fourth-order valence-corrected chi connectivity index (χ4v) is 7.55. The molecule has 258 valence electrons. The summed E-state index contributed by atoms with van der Waals surface area (Å²) in [6.45, 7) is 25.3. The number of methoxy groups -OCH3 is 1. The molecule has 5 nitrogen and oxygen atoms in total. The summed E-state index contributed by atoms with van der Waals surface area (Å²) >= 11 is 0. The number of nitrogens with one attached hydrogen (secondary N) is 1. The van der Waals surface area contributed by atoms with Gasteiger partial charge < -0.3 is 19.4 Å². The smallest absolute Gasteiger partial charge is 0.165 e. The second-order valence-electron chi connectivity index (χ2n) is 15.3. The Morgan fingerprint density at radius 1 is 0.792 bits per heavy atom. The van der Waals surface area contributed by atoms with Gasteiger partial charge in [-0.25, -0.2) is 4.98 Å². The van der Waals surface area contributed by atoms with E-state index in [1.165, 1.54) is 39.1 Å². The first-order chi connectivity index (χ1) is 22.8. The largest absolute Gasteiger partial charge is 0.493 e. The van der Waals surface area contributed by atoms with Crippen molar-refractivity contribution < 1.29 is 9.47 Å². The van der Waals surface area contributed by atoms with Gasteiger partial charge in [0.15, 0.2) is 11.5 Å². The van der Waals surface area contributed by atoms with E-state index in [4.69, 9.17) is 14.5 Å². The summed E-state index contributed by atoms with van der Waals surface area (Å²) < 4.78 is 14.5. The van der Waals surface area contributed by atoms with E-state index < -0.39 is 0 Å². The lowest BCUT2D eigenvalue weighted by Crippen LogP contribution is -2.23. The number of hydrogen-bond donors (Lipinski definition) is 1. The normalized spacial score (nSPS) is 16.7. The summed E-state index contributed by atoms with van der Waals surface area (Å²) in [4.78, 5) is 5.60. The summed E-state index contributed by atoms with van der Waals surface area (Å²) in [5.41, 5.74) is 11.6. The second kappa shape index (κ2) is 14.4. The zero-order valence-corrected chi connectivity index (χ0v) is 31.7. The van der Waals surface area contributed by atoms with Gasteiger partial charge in [-0.15, -0.1) is 0 Å². The van der Waals surface area contributed by atoms with Crippen LogP contribution >= 0.6 is 0 Å². The molecule has 5 rings (SSSR count). The maximum Gasteiger partial charge on any atom is 0.165 e. The van der Waals surface area contributed by atoms with Crippen LogP contribution in [0, 0.1) is 0 Å². The third kappa shape index (κ3) is 6.62. The van der Waals surface area contributed by atoms with Crippen LogP contribution in [-0.2, 0) is 7.05 Å². The highest BCUT2D eigenvalue weighted by Crippen LogP contribution is 2.49. The molecule has 3 unspecified atom stereocenters. The number of aryl methyl sites for hydroxylation is 1. The summed E-state index contributed by atoms with van der Waals surface area (Å²) in [7, 11) is 3.88. The number of imidazole rings is 1. The van der Waals surface area contributed by atoms with Crippen molar-refractivity contribution in [3.05, 3.63) is 105 Å². The molecule has 2 heterocycles. The Labute approximate surface area is 290 Å². The van der Waals surface area contributed by atoms with Crippen molar-refractivity contribution >= 4 is 5.69 Å². The first kappa shape index (κ1) is 35.6. The summed E-state index contributed by atoms with van der Waals surface area (Å²) in [6, 6.07) is 17.8. The molecule has 0 bridgehead atoms. The minimum absolute atomic E-state index is 0.0116. The zero-order chi connectivity index (χ0) is 35.0. The predicted octanol–water partition coefficient (Wildman–Crippen LogP) is 11.6. The molecule has 1 aromatic heterocycles. The molecule has 4 aromatic rings. The predicted molar refractivity (Wildman–Crippen MR) is 202 cm³/mol. The summed E-state index contributed by atoms with van der Waals surface area (Å²) in [5.74, 6) is 4.54. The van der Waals surface area contributed by atoms with Gasteiger partial charge in [-0.2, -0.15) is 0 Å². The Bertz CT molecular complexity index is 1670. The van der Waals surface area contributed by atoms with Crippen molar-refractivity contribution in [3.63, 3.8) is 0 Å². The second-order valence-corrected chi connectivity index (χ2v) is 15.3. The number of para-hydroxylation sites is 2. The van der Waals surface area contributed by atoms with Crippen LogP contribution in [0.5, 0.6) is 11.5 Å². The average Bonchev–Trinajstić information content (AvgIpc) is 3.62. The molecule has 0 radical (unpaired) electrons. The van der Waals surface area contributed by atoms with E-state index in [0.717, 1.165) is 35.0 Å². The molecule has 3 aromatic carbocycles. The maximum absolute atomic E-state index is 6.57. The van der Waals surface area contributed by atoms with Crippen molar-refractivity contribution in [2.24, 2.45) is 7.05 Å². The Hall–Kier alpha value is -3.73. The lowest BCUT2D eigenvalue weighted by Gasteiger charge is -2.32. The van der Waals surface area contributed by atoms with E-state index in [2.05, 4.69) is 142 Å². The Kier molecular flexibility index (Phi) is 10.7. The molecule has 1 aliphatic rings. The van der Waals surface area contributed by atoms with Crippen molar-refractivity contribution in [2.75, 3.05) is 12.4 Å². The molecular formula is C43H59N3O2. The number of aromatic nitrogens is 2. The van der Waals surface area contributed by atoms with Gasteiger partial charge in [0.1, 0.15) is 18.0 Å². The van der Waals surface area contributed by atoms with Crippen LogP contribution < -0.4 is 14.8 Å². The SMILES string of the molecule is CCC1Oc2c(OC)cccc2C1c1cn(C)c(C(Nc2c(C(C)C)cccc2C(C)C)c2c(C(C)C)cc(C(C)C)cc2C(C)C)n1. The molecular weight excluding hydrogens is 590 g/mol. The van der Waals surface area contributed by atoms with Crippen molar-refractivity contribution in [1.29, 1.82) is 0 Å². The van der Waals surface area contributed by atoms with E-state index in [1.807, 2.05) is 6.07 Å². The molecule has 3 atom stereocenters. The first-order valence-corrected chi connectivity index (χ1v) is 18.2. The molecule has 0 saturated carbocycles. The van der Waals surface area contributed by atoms with Crippen molar-refractivity contribution in [3.8, 4) is 11.5 Å². The maximum atomic E-state index is 6.57. The monoisotopic (exact) mass is 649 g/mol. The van der Waals surface area contributed by atoms with Crippen LogP contribution in [0.2, 0.25) is 0 Å². The number of ether oxygens (including phenoxy) is 2. The van der Waals surface area contributed by atoms with Gasteiger partial charge in [-0.05, 0) is 75.5 Å². The molecule has 0 aliphatic carbocycles. The third-order valence-corrected chi connectivity index (χ3v) is 10.2. The number of benzene rings is 3. The van der Waals surface area contributed by atoms with Crippen LogP contribution in [-0.4, -0.2) is 22.8 Å². The molecule has 5 heteroatoms. The highest BCUT2D eigenvalue weighted by molar-refractivity contribution is 5.63. The standard InChI is InChI=1S/C43H59N3O2/c1-14-36-39(32-19-16-20-37(47-13)42(32)48-36)35-23-46(12)43(44-35)41(45-40-30(25(4)5)17-15-18-31(40)26(6)7)38-33(27(8)9)21-29(24(2)3)22-34(38)28(10)11/h15-28,36,39,41,45H,14H2,1-13H3. The van der Waals surface area contributed by atoms with E-state index in [0.29, 0.717) is 29.6 Å². The topological polar surface area (TPSA) is 48.3 Å². The van der Waals surface area contributed by atoms with Crippen LogP contribution in [0.4, 0.5) is 5.69 Å². The van der Waals surface area contributed by atoms with Gasteiger partial charge in [-0.1, -0.05) is 119 Å². The number of hydrogen-bond acceptors (Lipinski definition) is 4. The van der Waals surface area contributed by atoms with Crippen molar-refractivity contribution in [2.45, 2.75) is 130 Å². The molecule has 1 aliphatic heterocycles. The Balaban J connectivity index is 1.80. The third-order valence-electron chi connectivity index (χ3n) is 10.2. The molecule has 0 spiro atoms. The van der Waals surface area contributed by atoms with Gasteiger partial charge in [0.25, 0.3) is 0 Å². The molecule has 0 fully saturated rings. The number of fused-ring (bicyclic) bond motifs is 1. The number of anilines is 1.